The SMILES string of the molecule is Brc1cnn([C@@H]2CCCNC2)c1. The molecule has 1 N–H and O–H groups in total. The van der Waals surface area contributed by atoms with Crippen molar-refractivity contribution in [3.05, 3.63) is 16.9 Å². The Kier molecular flexibility index (Phi) is 2.46. The highest BCUT2D eigenvalue weighted by molar-refractivity contribution is 9.10. The van der Waals surface area contributed by atoms with E-state index >= 15 is 0 Å². The molecule has 1 aliphatic rings. The lowest BCUT2D eigenvalue weighted by Crippen LogP contribution is -2.31. The van der Waals surface area contributed by atoms with E-state index in [1.807, 2.05) is 17.1 Å². The number of rotatable bonds is 1. The molecule has 0 unspecified atom stereocenters. The van der Waals surface area contributed by atoms with Crippen molar-refractivity contribution in [2.75, 3.05) is 13.1 Å². The van der Waals surface area contributed by atoms with E-state index < -0.39 is 0 Å². The lowest BCUT2D eigenvalue weighted by atomic mass is 10.1. The standard InChI is InChI=1S/C8H12BrN3/c9-7-4-11-12(6-7)8-2-1-3-10-5-8/h4,6,8,10H,1-3,5H2/t8-/m1/s1. The summed E-state index contributed by atoms with van der Waals surface area (Å²) in [7, 11) is 0. The summed E-state index contributed by atoms with van der Waals surface area (Å²) in [6.07, 6.45) is 6.37. The molecule has 4 heteroatoms. The minimum atomic E-state index is 0.546. The monoisotopic (exact) mass is 229 g/mol. The maximum Gasteiger partial charge on any atom is 0.0644 e. The first-order chi connectivity index (χ1) is 5.86. The van der Waals surface area contributed by atoms with Crippen LogP contribution in [0, 0.1) is 0 Å². The van der Waals surface area contributed by atoms with Crippen molar-refractivity contribution in [2.24, 2.45) is 0 Å². The van der Waals surface area contributed by atoms with Crippen LogP contribution in [0.2, 0.25) is 0 Å². The van der Waals surface area contributed by atoms with Gasteiger partial charge in [-0.3, -0.25) is 4.68 Å². The molecule has 1 aliphatic heterocycles. The third-order valence-electron chi connectivity index (χ3n) is 2.21. The average Bonchev–Trinajstić information content (AvgIpc) is 2.54. The van der Waals surface area contributed by atoms with Crippen LogP contribution in [0.5, 0.6) is 0 Å². The molecule has 1 aromatic rings. The second-order valence-electron chi connectivity index (χ2n) is 3.14. The first-order valence-corrected chi connectivity index (χ1v) is 5.06. The van der Waals surface area contributed by atoms with Gasteiger partial charge in [0.25, 0.3) is 0 Å². The van der Waals surface area contributed by atoms with E-state index in [1.54, 1.807) is 0 Å². The number of nitrogens with one attached hydrogen (secondary N) is 1. The molecule has 1 atom stereocenters. The molecule has 12 heavy (non-hydrogen) atoms. The van der Waals surface area contributed by atoms with Gasteiger partial charge in [0, 0.05) is 12.7 Å². The third kappa shape index (κ3) is 1.69. The maximum atomic E-state index is 4.27. The van der Waals surface area contributed by atoms with Gasteiger partial charge in [-0.1, -0.05) is 0 Å². The van der Waals surface area contributed by atoms with E-state index in [9.17, 15) is 0 Å². The molecule has 0 bridgehead atoms. The van der Waals surface area contributed by atoms with Gasteiger partial charge in [-0.05, 0) is 35.3 Å². The third-order valence-corrected chi connectivity index (χ3v) is 2.62. The van der Waals surface area contributed by atoms with Gasteiger partial charge in [-0.15, -0.1) is 0 Å². The molecule has 0 aliphatic carbocycles. The molecule has 1 aromatic heterocycles. The van der Waals surface area contributed by atoms with Crippen LogP contribution in [0.25, 0.3) is 0 Å². The Hall–Kier alpha value is -0.350. The van der Waals surface area contributed by atoms with Crippen molar-refractivity contribution in [1.29, 1.82) is 0 Å². The molecule has 0 spiro atoms. The highest BCUT2D eigenvalue weighted by Gasteiger charge is 2.14. The van der Waals surface area contributed by atoms with E-state index in [0.717, 1.165) is 17.6 Å². The number of nitrogens with zero attached hydrogens (tertiary/aromatic N) is 2. The number of aromatic nitrogens is 2. The molecule has 2 rings (SSSR count). The van der Waals surface area contributed by atoms with Gasteiger partial charge in [-0.25, -0.2) is 0 Å². The molecule has 3 nitrogen and oxygen atoms in total. The van der Waals surface area contributed by atoms with Crippen molar-refractivity contribution < 1.29 is 0 Å². The zero-order chi connectivity index (χ0) is 8.39. The smallest absolute Gasteiger partial charge is 0.0644 e. The fraction of sp³-hybridized carbons (Fsp3) is 0.625. The second-order valence-corrected chi connectivity index (χ2v) is 4.05. The van der Waals surface area contributed by atoms with Gasteiger partial charge in [0.1, 0.15) is 0 Å². The van der Waals surface area contributed by atoms with Crippen LogP contribution >= 0.6 is 15.9 Å². The minimum absolute atomic E-state index is 0.546. The molecule has 0 saturated carbocycles. The molecule has 0 amide bonds. The lowest BCUT2D eigenvalue weighted by Gasteiger charge is -2.22. The Morgan fingerprint density at radius 2 is 2.58 bits per heavy atom. The number of halogens is 1. The van der Waals surface area contributed by atoms with Gasteiger partial charge in [0.2, 0.25) is 0 Å². The molecule has 2 heterocycles. The average molecular weight is 230 g/mol. The minimum Gasteiger partial charge on any atom is -0.315 e. The Balaban J connectivity index is 2.08. The van der Waals surface area contributed by atoms with E-state index in [2.05, 4.69) is 26.3 Å². The first kappa shape index (κ1) is 8.26. The maximum absolute atomic E-state index is 4.27. The van der Waals surface area contributed by atoms with Crippen LogP contribution in [0.4, 0.5) is 0 Å². The van der Waals surface area contributed by atoms with Crippen molar-refractivity contribution >= 4 is 15.9 Å². The van der Waals surface area contributed by atoms with Gasteiger partial charge in [0.15, 0.2) is 0 Å². The highest BCUT2D eigenvalue weighted by atomic mass is 79.9. The summed E-state index contributed by atoms with van der Waals surface area (Å²) in [4.78, 5) is 0. The van der Waals surface area contributed by atoms with Crippen LogP contribution in [-0.4, -0.2) is 22.9 Å². The summed E-state index contributed by atoms with van der Waals surface area (Å²) in [6.45, 7) is 2.20. The second kappa shape index (κ2) is 3.58. The number of hydrogen-bond acceptors (Lipinski definition) is 2. The molecule has 1 saturated heterocycles. The fourth-order valence-corrected chi connectivity index (χ4v) is 1.88. The summed E-state index contributed by atoms with van der Waals surface area (Å²) in [5.74, 6) is 0. The Bertz CT molecular complexity index is 253. The van der Waals surface area contributed by atoms with Crippen LogP contribution in [0.15, 0.2) is 16.9 Å². The van der Waals surface area contributed by atoms with Crippen molar-refractivity contribution in [3.8, 4) is 0 Å². The van der Waals surface area contributed by atoms with Gasteiger partial charge >= 0.3 is 0 Å². The first-order valence-electron chi connectivity index (χ1n) is 4.26. The predicted molar refractivity (Wildman–Crippen MR) is 51.1 cm³/mol. The Morgan fingerprint density at radius 1 is 1.67 bits per heavy atom. The summed E-state index contributed by atoms with van der Waals surface area (Å²) < 4.78 is 3.10. The summed E-state index contributed by atoms with van der Waals surface area (Å²) >= 11 is 3.40. The van der Waals surface area contributed by atoms with Crippen LogP contribution < -0.4 is 5.32 Å². The zero-order valence-corrected chi connectivity index (χ0v) is 8.42. The van der Waals surface area contributed by atoms with E-state index in [4.69, 9.17) is 0 Å². The summed E-state index contributed by atoms with van der Waals surface area (Å²) in [6, 6.07) is 0.546. The molecular weight excluding hydrogens is 218 g/mol. The van der Waals surface area contributed by atoms with Crippen molar-refractivity contribution in [2.45, 2.75) is 18.9 Å². The van der Waals surface area contributed by atoms with E-state index in [1.165, 1.54) is 12.8 Å². The quantitative estimate of drug-likeness (QED) is 0.793. The predicted octanol–water partition coefficient (Wildman–Crippen LogP) is 1.57. The topological polar surface area (TPSA) is 29.9 Å². The normalized spacial score (nSPS) is 24.2. The highest BCUT2D eigenvalue weighted by Crippen LogP contribution is 2.17. The van der Waals surface area contributed by atoms with Crippen molar-refractivity contribution in [1.82, 2.24) is 15.1 Å². The van der Waals surface area contributed by atoms with Gasteiger partial charge in [-0.2, -0.15) is 5.10 Å². The Morgan fingerprint density at radius 3 is 3.17 bits per heavy atom. The number of hydrogen-bond donors (Lipinski definition) is 1. The summed E-state index contributed by atoms with van der Waals surface area (Å²) in [5, 5.41) is 7.64. The zero-order valence-electron chi connectivity index (χ0n) is 6.83. The lowest BCUT2D eigenvalue weighted by molar-refractivity contribution is 0.346. The molecule has 1 fully saturated rings. The molecule has 0 aromatic carbocycles. The van der Waals surface area contributed by atoms with Crippen LogP contribution in [0.3, 0.4) is 0 Å². The van der Waals surface area contributed by atoms with E-state index in [0.29, 0.717) is 6.04 Å². The Labute approximate surface area is 80.3 Å². The van der Waals surface area contributed by atoms with E-state index in [-0.39, 0.29) is 0 Å². The van der Waals surface area contributed by atoms with Crippen LogP contribution in [-0.2, 0) is 0 Å². The summed E-state index contributed by atoms with van der Waals surface area (Å²) in [5.41, 5.74) is 0. The molecule has 0 radical (unpaired) electrons. The molecular formula is C8H12BrN3. The largest absolute Gasteiger partial charge is 0.315 e. The van der Waals surface area contributed by atoms with Gasteiger partial charge in [0.05, 0.1) is 16.7 Å². The van der Waals surface area contributed by atoms with Gasteiger partial charge < -0.3 is 5.32 Å². The van der Waals surface area contributed by atoms with Crippen LogP contribution in [0.1, 0.15) is 18.9 Å². The van der Waals surface area contributed by atoms with Crippen molar-refractivity contribution in [3.63, 3.8) is 0 Å². The fourth-order valence-electron chi connectivity index (χ4n) is 1.57. The molecule has 66 valence electrons. The number of piperidine rings is 1.